The average Bonchev–Trinajstić information content (AvgIpc) is 2.75. The first-order chi connectivity index (χ1) is 14.9. The van der Waals surface area contributed by atoms with Crippen LogP contribution in [0.1, 0.15) is 17.0 Å². The molecule has 1 aliphatic heterocycles. The van der Waals surface area contributed by atoms with E-state index in [1.807, 2.05) is 35.4 Å². The van der Waals surface area contributed by atoms with Gasteiger partial charge in [-0.2, -0.15) is 0 Å². The molecule has 7 heteroatoms. The van der Waals surface area contributed by atoms with Crippen molar-refractivity contribution >= 4 is 22.6 Å². The van der Waals surface area contributed by atoms with Gasteiger partial charge in [0.15, 0.2) is 5.43 Å². The van der Waals surface area contributed by atoms with Gasteiger partial charge in [-0.05, 0) is 38.5 Å². The number of ether oxygens (including phenoxy) is 1. The van der Waals surface area contributed by atoms with E-state index in [0.29, 0.717) is 13.1 Å². The Morgan fingerprint density at radius 3 is 2.35 bits per heavy atom. The van der Waals surface area contributed by atoms with Gasteiger partial charge in [0, 0.05) is 55.1 Å². The summed E-state index contributed by atoms with van der Waals surface area (Å²) < 4.78 is 7.40. The van der Waals surface area contributed by atoms with Crippen molar-refractivity contribution in [2.24, 2.45) is 0 Å². The highest BCUT2D eigenvalue weighted by molar-refractivity contribution is 5.89. The number of amides is 1. The number of hydrogen-bond acceptors (Lipinski definition) is 5. The van der Waals surface area contributed by atoms with Crippen LogP contribution in [0.4, 0.5) is 5.82 Å². The van der Waals surface area contributed by atoms with E-state index in [1.54, 1.807) is 19.2 Å². The molecule has 1 aromatic carbocycles. The predicted molar refractivity (Wildman–Crippen MR) is 122 cm³/mol. The molecule has 0 spiro atoms. The summed E-state index contributed by atoms with van der Waals surface area (Å²) in [6.45, 7) is 8.79. The maximum atomic E-state index is 12.9. The number of para-hydroxylation sites is 1. The fourth-order valence-electron chi connectivity index (χ4n) is 4.26. The number of aryl methyl sites for hydroxylation is 3. The van der Waals surface area contributed by atoms with Crippen molar-refractivity contribution in [3.8, 4) is 5.75 Å². The van der Waals surface area contributed by atoms with Gasteiger partial charge in [0.25, 0.3) is 0 Å². The fraction of sp³-hybridized carbons (Fsp3) is 0.375. The number of pyridine rings is 2. The zero-order chi connectivity index (χ0) is 22.1. The minimum Gasteiger partial charge on any atom is -0.494 e. The van der Waals surface area contributed by atoms with Gasteiger partial charge in [-0.1, -0.05) is 12.1 Å². The van der Waals surface area contributed by atoms with E-state index in [1.165, 1.54) is 0 Å². The minimum atomic E-state index is -0.0258. The third-order valence-electron chi connectivity index (χ3n) is 6.02. The number of fused-ring (bicyclic) bond motifs is 1. The lowest BCUT2D eigenvalue weighted by atomic mass is 10.1. The molecular formula is C24H28N4O3. The number of methoxy groups -OCH3 is 1. The Labute approximate surface area is 181 Å². The molecule has 31 heavy (non-hydrogen) atoms. The number of piperazine rings is 1. The number of carbonyl (C=O) groups excluding carboxylic acids is 1. The Bertz CT molecular complexity index is 1170. The molecule has 1 fully saturated rings. The minimum absolute atomic E-state index is 0.0258. The standard InChI is InChI=1S/C24H28N4O3/c1-16-12-22(25-24-20(16)6-5-7-21(24)31-4)26-8-10-27(11-9-26)23(30)15-28-17(2)13-19(29)14-18(28)3/h5-7,12-14H,8-11,15H2,1-4H3. The van der Waals surface area contributed by atoms with Crippen molar-refractivity contribution in [2.45, 2.75) is 27.3 Å². The van der Waals surface area contributed by atoms with E-state index in [2.05, 4.69) is 24.0 Å². The van der Waals surface area contributed by atoms with Crippen LogP contribution in [0.2, 0.25) is 0 Å². The van der Waals surface area contributed by atoms with Gasteiger partial charge < -0.3 is 19.1 Å². The van der Waals surface area contributed by atoms with Gasteiger partial charge in [0.1, 0.15) is 23.6 Å². The molecule has 4 rings (SSSR count). The van der Waals surface area contributed by atoms with E-state index in [9.17, 15) is 9.59 Å². The summed E-state index contributed by atoms with van der Waals surface area (Å²) in [5, 5.41) is 1.09. The number of aromatic nitrogens is 2. The van der Waals surface area contributed by atoms with Crippen LogP contribution in [0.15, 0.2) is 41.2 Å². The smallest absolute Gasteiger partial charge is 0.242 e. The number of nitrogens with zero attached hydrogens (tertiary/aromatic N) is 4. The lowest BCUT2D eigenvalue weighted by molar-refractivity contribution is -0.132. The van der Waals surface area contributed by atoms with Crippen LogP contribution in [-0.2, 0) is 11.3 Å². The van der Waals surface area contributed by atoms with Gasteiger partial charge in [0.2, 0.25) is 5.91 Å². The molecule has 162 valence electrons. The maximum absolute atomic E-state index is 12.9. The van der Waals surface area contributed by atoms with Gasteiger partial charge in [-0.3, -0.25) is 9.59 Å². The van der Waals surface area contributed by atoms with E-state index in [4.69, 9.17) is 9.72 Å². The number of rotatable bonds is 4. The van der Waals surface area contributed by atoms with Gasteiger partial charge >= 0.3 is 0 Å². The molecule has 0 radical (unpaired) electrons. The summed E-state index contributed by atoms with van der Waals surface area (Å²) in [4.78, 5) is 33.5. The Morgan fingerprint density at radius 1 is 1.03 bits per heavy atom. The second-order valence-electron chi connectivity index (χ2n) is 8.08. The molecular weight excluding hydrogens is 392 g/mol. The summed E-state index contributed by atoms with van der Waals surface area (Å²) in [6.07, 6.45) is 0. The molecule has 3 heterocycles. The Balaban J connectivity index is 1.48. The van der Waals surface area contributed by atoms with Gasteiger partial charge in [-0.15, -0.1) is 0 Å². The van der Waals surface area contributed by atoms with Crippen LogP contribution in [0.25, 0.3) is 10.9 Å². The topological polar surface area (TPSA) is 67.7 Å². The number of carbonyl (C=O) groups is 1. The molecule has 0 aliphatic carbocycles. The number of benzene rings is 1. The van der Waals surface area contributed by atoms with Crippen LogP contribution in [0.3, 0.4) is 0 Å². The van der Waals surface area contributed by atoms with Crippen LogP contribution in [-0.4, -0.2) is 53.6 Å². The van der Waals surface area contributed by atoms with Crippen molar-refractivity contribution in [2.75, 3.05) is 38.2 Å². The molecule has 3 aromatic rings. The Morgan fingerprint density at radius 2 is 1.71 bits per heavy atom. The summed E-state index contributed by atoms with van der Waals surface area (Å²) >= 11 is 0. The third-order valence-corrected chi connectivity index (χ3v) is 6.02. The normalized spacial score (nSPS) is 14.2. The summed E-state index contributed by atoms with van der Waals surface area (Å²) in [6, 6.07) is 11.2. The summed E-state index contributed by atoms with van der Waals surface area (Å²) in [7, 11) is 1.66. The van der Waals surface area contributed by atoms with Crippen molar-refractivity contribution in [1.29, 1.82) is 0 Å². The first-order valence-electron chi connectivity index (χ1n) is 10.5. The maximum Gasteiger partial charge on any atom is 0.242 e. The summed E-state index contributed by atoms with van der Waals surface area (Å²) in [5.41, 5.74) is 3.61. The highest BCUT2D eigenvalue weighted by Gasteiger charge is 2.23. The van der Waals surface area contributed by atoms with Crippen molar-refractivity contribution in [3.05, 3.63) is 63.6 Å². The van der Waals surface area contributed by atoms with Crippen molar-refractivity contribution in [3.63, 3.8) is 0 Å². The third kappa shape index (κ3) is 4.13. The molecule has 1 amide bonds. The highest BCUT2D eigenvalue weighted by atomic mass is 16.5. The quantitative estimate of drug-likeness (QED) is 0.649. The second-order valence-corrected chi connectivity index (χ2v) is 8.08. The molecule has 0 saturated carbocycles. The fourth-order valence-corrected chi connectivity index (χ4v) is 4.26. The average molecular weight is 421 g/mol. The second kappa shape index (κ2) is 8.41. The summed E-state index contributed by atoms with van der Waals surface area (Å²) in [5.74, 6) is 1.75. The zero-order valence-electron chi connectivity index (χ0n) is 18.5. The zero-order valence-corrected chi connectivity index (χ0v) is 18.5. The van der Waals surface area contributed by atoms with Crippen molar-refractivity contribution in [1.82, 2.24) is 14.5 Å². The molecule has 0 atom stereocenters. The molecule has 1 aliphatic rings. The molecule has 1 saturated heterocycles. The Hall–Kier alpha value is -3.35. The first-order valence-corrected chi connectivity index (χ1v) is 10.5. The van der Waals surface area contributed by atoms with E-state index < -0.39 is 0 Å². The number of hydrogen-bond donors (Lipinski definition) is 0. The highest BCUT2D eigenvalue weighted by Crippen LogP contribution is 2.29. The van der Waals surface area contributed by atoms with Crippen LogP contribution < -0.4 is 15.1 Å². The molecule has 0 unspecified atom stereocenters. The van der Waals surface area contributed by atoms with Crippen LogP contribution >= 0.6 is 0 Å². The largest absolute Gasteiger partial charge is 0.494 e. The first kappa shape index (κ1) is 20.9. The van der Waals surface area contributed by atoms with Gasteiger partial charge in [-0.25, -0.2) is 4.98 Å². The predicted octanol–water partition coefficient (Wildman–Crippen LogP) is 2.68. The van der Waals surface area contributed by atoms with Gasteiger partial charge in [0.05, 0.1) is 7.11 Å². The van der Waals surface area contributed by atoms with E-state index >= 15 is 0 Å². The Kier molecular flexibility index (Phi) is 5.67. The SMILES string of the molecule is COc1cccc2c(C)cc(N3CCN(C(=O)Cn4c(C)cc(=O)cc4C)CC3)nc12. The van der Waals surface area contributed by atoms with Crippen molar-refractivity contribution < 1.29 is 9.53 Å². The van der Waals surface area contributed by atoms with Crippen LogP contribution in [0.5, 0.6) is 5.75 Å². The lowest BCUT2D eigenvalue weighted by Gasteiger charge is -2.36. The molecule has 0 bridgehead atoms. The molecule has 7 nitrogen and oxygen atoms in total. The number of anilines is 1. The lowest BCUT2D eigenvalue weighted by Crippen LogP contribution is -2.50. The van der Waals surface area contributed by atoms with Crippen LogP contribution in [0, 0.1) is 20.8 Å². The van der Waals surface area contributed by atoms with E-state index in [0.717, 1.165) is 52.5 Å². The van der Waals surface area contributed by atoms with E-state index in [-0.39, 0.29) is 17.9 Å². The molecule has 0 N–H and O–H groups in total. The molecule has 2 aromatic heterocycles. The monoisotopic (exact) mass is 420 g/mol.